The second kappa shape index (κ2) is 12.7. The number of anilines is 1. The molecule has 0 atom stereocenters. The number of nitrogens with one attached hydrogen (secondary N) is 1. The molecule has 0 amide bonds. The zero-order valence-corrected chi connectivity index (χ0v) is 23.8. The Bertz CT molecular complexity index is 1660. The number of aryl methyl sites for hydroxylation is 2. The molecule has 3 aromatic heterocycles. The van der Waals surface area contributed by atoms with E-state index in [1.54, 1.807) is 31.6 Å². The Morgan fingerprint density at radius 2 is 1.93 bits per heavy atom. The van der Waals surface area contributed by atoms with Crippen LogP contribution in [0.1, 0.15) is 42.0 Å². The highest BCUT2D eigenvalue weighted by atomic mass is 35.5. The number of benzene rings is 2. The molecule has 0 bridgehead atoms. The fourth-order valence-corrected chi connectivity index (χ4v) is 4.49. The van der Waals surface area contributed by atoms with E-state index in [0.717, 1.165) is 35.1 Å². The van der Waals surface area contributed by atoms with Crippen LogP contribution in [-0.4, -0.2) is 48.6 Å². The molecule has 41 heavy (non-hydrogen) atoms. The molecule has 11 heteroatoms. The Morgan fingerprint density at radius 1 is 1.10 bits per heavy atom. The van der Waals surface area contributed by atoms with Crippen LogP contribution in [0.4, 0.5) is 5.69 Å². The van der Waals surface area contributed by atoms with E-state index in [0.29, 0.717) is 34.2 Å². The number of hydrogen-bond acceptors (Lipinski definition) is 9. The number of carbonyl (C=O) groups is 1. The van der Waals surface area contributed by atoms with Crippen LogP contribution in [0.25, 0.3) is 22.2 Å². The fourth-order valence-electron chi connectivity index (χ4n) is 4.33. The SMILES string of the molecule is Cc1nc(OCc2cn(CCCNc3ccnc4cc(Cl)ccc34)nn2)nc(-c2ccccc2)c1C(=O)OC(C)C. The van der Waals surface area contributed by atoms with Crippen molar-refractivity contribution >= 4 is 34.2 Å². The van der Waals surface area contributed by atoms with Gasteiger partial charge in [-0.2, -0.15) is 9.97 Å². The van der Waals surface area contributed by atoms with Gasteiger partial charge in [-0.05, 0) is 51.5 Å². The van der Waals surface area contributed by atoms with Gasteiger partial charge in [-0.15, -0.1) is 5.10 Å². The quantitative estimate of drug-likeness (QED) is 0.153. The first-order valence-corrected chi connectivity index (χ1v) is 13.7. The number of rotatable bonds is 11. The number of hydrogen-bond donors (Lipinski definition) is 1. The van der Waals surface area contributed by atoms with Crippen LogP contribution in [0.15, 0.2) is 67.0 Å². The Hall–Kier alpha value is -4.57. The lowest BCUT2D eigenvalue weighted by molar-refractivity contribution is 0.0376. The lowest BCUT2D eigenvalue weighted by Crippen LogP contribution is -2.16. The maximum absolute atomic E-state index is 12.8. The molecule has 0 aliphatic heterocycles. The summed E-state index contributed by atoms with van der Waals surface area (Å²) in [7, 11) is 0. The predicted molar refractivity (Wildman–Crippen MR) is 157 cm³/mol. The summed E-state index contributed by atoms with van der Waals surface area (Å²) in [4.78, 5) is 26.2. The lowest BCUT2D eigenvalue weighted by Gasteiger charge is -2.14. The molecule has 0 saturated carbocycles. The number of nitrogens with zero attached hydrogens (tertiary/aromatic N) is 6. The van der Waals surface area contributed by atoms with E-state index in [2.05, 4.69) is 30.6 Å². The van der Waals surface area contributed by atoms with Crippen molar-refractivity contribution in [2.24, 2.45) is 0 Å². The molecule has 0 aliphatic carbocycles. The molecule has 0 spiro atoms. The van der Waals surface area contributed by atoms with E-state index in [-0.39, 0.29) is 18.7 Å². The third kappa shape index (κ3) is 6.96. The second-order valence-corrected chi connectivity index (χ2v) is 10.1. The molecule has 210 valence electrons. The topological polar surface area (TPSA) is 117 Å². The summed E-state index contributed by atoms with van der Waals surface area (Å²) in [5.74, 6) is -0.471. The molecular weight excluding hydrogens is 542 g/mol. The van der Waals surface area contributed by atoms with Gasteiger partial charge in [-0.25, -0.2) is 4.79 Å². The maximum atomic E-state index is 12.8. The number of ether oxygens (including phenoxy) is 2. The van der Waals surface area contributed by atoms with Crippen LogP contribution < -0.4 is 10.1 Å². The van der Waals surface area contributed by atoms with E-state index in [1.807, 2.05) is 60.8 Å². The van der Waals surface area contributed by atoms with Gasteiger partial charge < -0.3 is 14.8 Å². The number of halogens is 1. The van der Waals surface area contributed by atoms with Gasteiger partial charge in [-0.1, -0.05) is 47.1 Å². The average Bonchev–Trinajstić information content (AvgIpc) is 3.41. The van der Waals surface area contributed by atoms with Gasteiger partial charge >= 0.3 is 12.0 Å². The molecule has 0 aliphatic rings. The monoisotopic (exact) mass is 571 g/mol. The van der Waals surface area contributed by atoms with Crippen molar-refractivity contribution in [1.82, 2.24) is 29.9 Å². The standard InChI is InChI=1S/C30H30ClN7O3/c1-19(2)41-29(39)27-20(3)34-30(35-28(27)21-8-5-4-6-9-21)40-18-23-17-38(37-36-23)15-7-13-32-25-12-14-33-26-16-22(31)10-11-24(25)26/h4-6,8-12,14,16-17,19H,7,13,15,18H2,1-3H3,(H,32,33). The van der Waals surface area contributed by atoms with Crippen LogP contribution in [0.2, 0.25) is 5.02 Å². The molecule has 5 aromatic rings. The summed E-state index contributed by atoms with van der Waals surface area (Å²) in [6.45, 7) is 6.90. The Labute approximate surface area is 242 Å². The van der Waals surface area contributed by atoms with Gasteiger partial charge in [0.15, 0.2) is 0 Å². The molecule has 0 saturated heterocycles. The molecule has 10 nitrogen and oxygen atoms in total. The molecule has 0 radical (unpaired) electrons. The molecule has 5 rings (SSSR count). The smallest absolute Gasteiger partial charge is 0.342 e. The lowest BCUT2D eigenvalue weighted by atomic mass is 10.0. The molecule has 0 fully saturated rings. The molecule has 2 aromatic carbocycles. The van der Waals surface area contributed by atoms with E-state index < -0.39 is 5.97 Å². The minimum atomic E-state index is -0.471. The van der Waals surface area contributed by atoms with Gasteiger partial charge in [0.2, 0.25) is 0 Å². The first-order chi connectivity index (χ1) is 19.9. The summed E-state index contributed by atoms with van der Waals surface area (Å²) in [6.07, 6.45) is 4.17. The first-order valence-electron chi connectivity index (χ1n) is 13.3. The highest BCUT2D eigenvalue weighted by Crippen LogP contribution is 2.27. The highest BCUT2D eigenvalue weighted by molar-refractivity contribution is 6.31. The maximum Gasteiger partial charge on any atom is 0.342 e. The van der Waals surface area contributed by atoms with Crippen molar-refractivity contribution in [1.29, 1.82) is 0 Å². The summed E-state index contributed by atoms with van der Waals surface area (Å²) in [5, 5.41) is 13.6. The second-order valence-electron chi connectivity index (χ2n) is 9.70. The highest BCUT2D eigenvalue weighted by Gasteiger charge is 2.23. The Kier molecular flexibility index (Phi) is 8.69. The van der Waals surface area contributed by atoms with Crippen LogP contribution >= 0.6 is 11.6 Å². The number of pyridine rings is 1. The van der Waals surface area contributed by atoms with E-state index >= 15 is 0 Å². The summed E-state index contributed by atoms with van der Waals surface area (Å²) < 4.78 is 13.1. The van der Waals surface area contributed by atoms with Gasteiger partial charge in [0.25, 0.3) is 0 Å². The zero-order chi connectivity index (χ0) is 28.8. The number of aromatic nitrogens is 6. The van der Waals surface area contributed by atoms with Crippen LogP contribution in [0.3, 0.4) is 0 Å². The van der Waals surface area contributed by atoms with E-state index in [4.69, 9.17) is 21.1 Å². The van der Waals surface area contributed by atoms with Gasteiger partial charge in [-0.3, -0.25) is 9.67 Å². The van der Waals surface area contributed by atoms with Crippen molar-refractivity contribution in [3.8, 4) is 17.3 Å². The summed E-state index contributed by atoms with van der Waals surface area (Å²) in [6, 6.07) is 17.2. The van der Waals surface area contributed by atoms with Crippen LogP contribution in [0, 0.1) is 6.92 Å². The first kappa shape index (κ1) is 28.0. The largest absolute Gasteiger partial charge is 0.459 e. The molecule has 1 N–H and O–H groups in total. The minimum absolute atomic E-state index is 0.132. The van der Waals surface area contributed by atoms with Crippen molar-refractivity contribution in [3.05, 3.63) is 89.0 Å². The number of esters is 1. The van der Waals surface area contributed by atoms with E-state index in [1.165, 1.54) is 0 Å². The third-order valence-corrected chi connectivity index (χ3v) is 6.42. The molecule has 3 heterocycles. The molecular formula is C30H30ClN7O3. The number of fused-ring (bicyclic) bond motifs is 1. The summed E-state index contributed by atoms with van der Waals surface area (Å²) >= 11 is 6.09. The zero-order valence-electron chi connectivity index (χ0n) is 23.0. The van der Waals surface area contributed by atoms with Gasteiger partial charge in [0, 0.05) is 40.9 Å². The minimum Gasteiger partial charge on any atom is -0.459 e. The summed E-state index contributed by atoms with van der Waals surface area (Å²) in [5.41, 5.74) is 4.51. The molecule has 0 unspecified atom stereocenters. The van der Waals surface area contributed by atoms with Crippen LogP contribution in [0.5, 0.6) is 6.01 Å². The van der Waals surface area contributed by atoms with Crippen molar-refractivity contribution in [2.75, 3.05) is 11.9 Å². The van der Waals surface area contributed by atoms with Gasteiger partial charge in [0.1, 0.15) is 17.9 Å². The van der Waals surface area contributed by atoms with Gasteiger partial charge in [0.05, 0.1) is 29.2 Å². The number of carbonyl (C=O) groups excluding carboxylic acids is 1. The predicted octanol–water partition coefficient (Wildman–Crippen LogP) is 5.89. The Morgan fingerprint density at radius 3 is 2.73 bits per heavy atom. The third-order valence-electron chi connectivity index (χ3n) is 6.18. The van der Waals surface area contributed by atoms with Crippen LogP contribution in [-0.2, 0) is 17.9 Å². The van der Waals surface area contributed by atoms with Crippen molar-refractivity contribution in [3.63, 3.8) is 0 Å². The van der Waals surface area contributed by atoms with Crippen molar-refractivity contribution < 1.29 is 14.3 Å². The normalized spacial score (nSPS) is 11.1. The van der Waals surface area contributed by atoms with E-state index in [9.17, 15) is 4.79 Å². The van der Waals surface area contributed by atoms with Crippen molar-refractivity contribution in [2.45, 2.75) is 46.4 Å². The fraction of sp³-hybridized carbons (Fsp3) is 0.267. The average molecular weight is 572 g/mol. The Balaban J connectivity index is 1.20.